The molecule has 0 saturated carbocycles. The number of carbonyl (C=O) groups excluding carboxylic acids is 3. The van der Waals surface area contributed by atoms with Gasteiger partial charge in [0, 0.05) is 21.8 Å². The van der Waals surface area contributed by atoms with Gasteiger partial charge in [0.15, 0.2) is 0 Å². The van der Waals surface area contributed by atoms with E-state index in [0.717, 1.165) is 0 Å². The van der Waals surface area contributed by atoms with E-state index >= 15 is 0 Å². The van der Waals surface area contributed by atoms with Crippen LogP contribution >= 0.6 is 23.2 Å². The van der Waals surface area contributed by atoms with Gasteiger partial charge in [-0.25, -0.2) is 4.79 Å². The molecule has 7 heteroatoms. The average molecular weight is 352 g/mol. The zero-order valence-electron chi connectivity index (χ0n) is 11.9. The predicted molar refractivity (Wildman–Crippen MR) is 87.4 cm³/mol. The molecule has 0 spiro atoms. The lowest BCUT2D eigenvalue weighted by molar-refractivity contribution is 0.0600. The second-order valence-corrected chi connectivity index (χ2v) is 5.31. The second-order valence-electron chi connectivity index (χ2n) is 4.53. The number of hydrogen-bond acceptors (Lipinski definition) is 4. The normalized spacial score (nSPS) is 10.0. The van der Waals surface area contributed by atoms with E-state index in [-0.39, 0.29) is 16.8 Å². The zero-order valence-corrected chi connectivity index (χ0v) is 13.4. The third-order valence-corrected chi connectivity index (χ3v) is 3.38. The molecule has 0 aliphatic carbocycles. The number of rotatable bonds is 4. The Morgan fingerprint density at radius 1 is 1.00 bits per heavy atom. The van der Waals surface area contributed by atoms with Crippen molar-refractivity contribution in [1.29, 1.82) is 0 Å². The molecule has 0 saturated heterocycles. The summed E-state index contributed by atoms with van der Waals surface area (Å²) in [4.78, 5) is 35.2. The number of halogens is 2. The number of methoxy groups -OCH3 is 1. The minimum atomic E-state index is -0.756. The molecule has 0 aliphatic rings. The van der Waals surface area contributed by atoms with Gasteiger partial charge >= 0.3 is 5.97 Å². The molecule has 0 unspecified atom stereocenters. The molecule has 0 heterocycles. The highest BCUT2D eigenvalue weighted by molar-refractivity contribution is 6.67. The van der Waals surface area contributed by atoms with Crippen LogP contribution in [0.5, 0.6) is 0 Å². The lowest BCUT2D eigenvalue weighted by Gasteiger charge is -2.09. The highest BCUT2D eigenvalue weighted by Gasteiger charge is 2.14. The van der Waals surface area contributed by atoms with Gasteiger partial charge < -0.3 is 10.1 Å². The fourth-order valence-corrected chi connectivity index (χ4v) is 2.18. The number of nitrogens with one attached hydrogen (secondary N) is 1. The molecule has 0 aliphatic heterocycles. The molecular formula is C16H11Cl2NO4. The summed E-state index contributed by atoms with van der Waals surface area (Å²) < 4.78 is 4.61. The molecule has 118 valence electrons. The lowest BCUT2D eigenvalue weighted by Crippen LogP contribution is -2.13. The SMILES string of the molecule is COC(=O)c1cc(NC(=O)c2cccc(Cl)c2)cc(C(=O)Cl)c1. The van der Waals surface area contributed by atoms with Gasteiger partial charge in [-0.1, -0.05) is 17.7 Å². The number of carbonyl (C=O) groups is 3. The van der Waals surface area contributed by atoms with Crippen molar-refractivity contribution in [2.75, 3.05) is 12.4 Å². The molecule has 1 amide bonds. The van der Waals surface area contributed by atoms with Crippen molar-refractivity contribution in [3.63, 3.8) is 0 Å². The molecule has 1 N–H and O–H groups in total. The molecular weight excluding hydrogens is 341 g/mol. The van der Waals surface area contributed by atoms with Crippen molar-refractivity contribution in [3.8, 4) is 0 Å². The maximum Gasteiger partial charge on any atom is 0.337 e. The van der Waals surface area contributed by atoms with Crippen LogP contribution in [0.2, 0.25) is 5.02 Å². The minimum absolute atomic E-state index is 0.0657. The van der Waals surface area contributed by atoms with Gasteiger partial charge in [-0.15, -0.1) is 0 Å². The van der Waals surface area contributed by atoms with E-state index in [1.807, 2.05) is 0 Å². The van der Waals surface area contributed by atoms with Gasteiger partial charge in [-0.05, 0) is 48.0 Å². The van der Waals surface area contributed by atoms with Crippen LogP contribution in [0, 0.1) is 0 Å². The molecule has 2 aromatic carbocycles. The van der Waals surface area contributed by atoms with Crippen LogP contribution in [-0.4, -0.2) is 24.2 Å². The van der Waals surface area contributed by atoms with Gasteiger partial charge in [-0.3, -0.25) is 9.59 Å². The molecule has 0 bridgehead atoms. The first-order valence-electron chi connectivity index (χ1n) is 6.41. The van der Waals surface area contributed by atoms with Crippen LogP contribution in [0.4, 0.5) is 5.69 Å². The fraction of sp³-hybridized carbons (Fsp3) is 0.0625. The van der Waals surface area contributed by atoms with Gasteiger partial charge in [-0.2, -0.15) is 0 Å². The molecule has 2 aromatic rings. The largest absolute Gasteiger partial charge is 0.465 e. The van der Waals surface area contributed by atoms with Crippen LogP contribution in [-0.2, 0) is 4.74 Å². The number of anilines is 1. The highest BCUT2D eigenvalue weighted by Crippen LogP contribution is 2.19. The Morgan fingerprint density at radius 3 is 2.30 bits per heavy atom. The summed E-state index contributed by atoms with van der Waals surface area (Å²) in [6.07, 6.45) is 0. The first kappa shape index (κ1) is 17.0. The fourth-order valence-electron chi connectivity index (χ4n) is 1.88. The number of hydrogen-bond donors (Lipinski definition) is 1. The molecule has 0 aromatic heterocycles. The quantitative estimate of drug-likeness (QED) is 0.672. The first-order chi connectivity index (χ1) is 10.9. The monoisotopic (exact) mass is 351 g/mol. The lowest BCUT2D eigenvalue weighted by atomic mass is 10.1. The van der Waals surface area contributed by atoms with Crippen molar-refractivity contribution in [2.24, 2.45) is 0 Å². The van der Waals surface area contributed by atoms with Crippen molar-refractivity contribution in [1.82, 2.24) is 0 Å². The van der Waals surface area contributed by atoms with E-state index in [1.54, 1.807) is 18.2 Å². The van der Waals surface area contributed by atoms with E-state index in [4.69, 9.17) is 23.2 Å². The van der Waals surface area contributed by atoms with Crippen LogP contribution in [0.25, 0.3) is 0 Å². The number of ether oxygens (including phenoxy) is 1. The Kier molecular flexibility index (Phi) is 5.36. The number of benzene rings is 2. The summed E-state index contributed by atoms with van der Waals surface area (Å²) in [7, 11) is 1.21. The summed E-state index contributed by atoms with van der Waals surface area (Å²) in [5.74, 6) is -1.09. The predicted octanol–water partition coefficient (Wildman–Crippen LogP) is 3.76. The maximum atomic E-state index is 12.2. The molecule has 2 rings (SSSR count). The zero-order chi connectivity index (χ0) is 17.0. The van der Waals surface area contributed by atoms with E-state index in [0.29, 0.717) is 10.6 Å². The van der Waals surface area contributed by atoms with Crippen molar-refractivity contribution in [2.45, 2.75) is 0 Å². The third-order valence-electron chi connectivity index (χ3n) is 2.93. The molecule has 0 fully saturated rings. The minimum Gasteiger partial charge on any atom is -0.465 e. The van der Waals surface area contributed by atoms with Crippen LogP contribution in [0.1, 0.15) is 31.1 Å². The van der Waals surface area contributed by atoms with E-state index in [1.165, 1.54) is 31.4 Å². The van der Waals surface area contributed by atoms with Crippen LogP contribution in [0.3, 0.4) is 0 Å². The van der Waals surface area contributed by atoms with Gasteiger partial charge in [0.05, 0.1) is 12.7 Å². The van der Waals surface area contributed by atoms with E-state index < -0.39 is 17.1 Å². The molecule has 23 heavy (non-hydrogen) atoms. The topological polar surface area (TPSA) is 72.5 Å². The number of amides is 1. The summed E-state index contributed by atoms with van der Waals surface area (Å²) in [6.45, 7) is 0. The molecule has 0 radical (unpaired) electrons. The van der Waals surface area contributed by atoms with Crippen LogP contribution < -0.4 is 5.32 Å². The third kappa shape index (κ3) is 4.31. The van der Waals surface area contributed by atoms with E-state index in [2.05, 4.69) is 10.1 Å². The van der Waals surface area contributed by atoms with E-state index in [9.17, 15) is 14.4 Å². The van der Waals surface area contributed by atoms with Gasteiger partial charge in [0.1, 0.15) is 0 Å². The van der Waals surface area contributed by atoms with Crippen molar-refractivity contribution < 1.29 is 19.1 Å². The van der Waals surface area contributed by atoms with Crippen molar-refractivity contribution >= 4 is 46.0 Å². The van der Waals surface area contributed by atoms with Gasteiger partial charge in [0.2, 0.25) is 0 Å². The molecule has 5 nitrogen and oxygen atoms in total. The number of esters is 1. The van der Waals surface area contributed by atoms with Gasteiger partial charge in [0.25, 0.3) is 11.1 Å². The summed E-state index contributed by atoms with van der Waals surface area (Å²) in [6, 6.07) is 10.4. The Labute approximate surface area is 142 Å². The second kappa shape index (κ2) is 7.26. The summed E-state index contributed by atoms with van der Waals surface area (Å²) >= 11 is 11.3. The maximum absolute atomic E-state index is 12.2. The average Bonchev–Trinajstić information content (AvgIpc) is 2.53. The summed E-state index contributed by atoms with van der Waals surface area (Å²) in [5, 5.41) is 2.24. The standard InChI is InChI=1S/C16H11Cl2NO4/c1-23-16(22)11-5-10(14(18)20)7-13(8-11)19-15(21)9-3-2-4-12(17)6-9/h2-8H,1H3,(H,19,21). The highest BCUT2D eigenvalue weighted by atomic mass is 35.5. The Morgan fingerprint density at radius 2 is 1.70 bits per heavy atom. The summed E-state index contributed by atoms with van der Waals surface area (Å²) in [5.41, 5.74) is 0.734. The smallest absolute Gasteiger partial charge is 0.337 e. The Bertz CT molecular complexity index is 789. The Balaban J connectivity index is 2.35. The van der Waals surface area contributed by atoms with Crippen molar-refractivity contribution in [3.05, 3.63) is 64.2 Å². The Hall–Kier alpha value is -2.37. The first-order valence-corrected chi connectivity index (χ1v) is 7.16. The molecule has 0 atom stereocenters. The van der Waals surface area contributed by atoms with Crippen LogP contribution in [0.15, 0.2) is 42.5 Å².